The van der Waals surface area contributed by atoms with Crippen LogP contribution in [0.1, 0.15) is 23.6 Å². The molecule has 0 aliphatic carbocycles. The lowest BCUT2D eigenvalue weighted by atomic mass is 10.0. The molecule has 14 heavy (non-hydrogen) atoms. The molecule has 1 aliphatic heterocycles. The van der Waals surface area contributed by atoms with E-state index in [2.05, 4.69) is 20.5 Å². The highest BCUT2D eigenvalue weighted by molar-refractivity contribution is 5.05. The monoisotopic (exact) mass is 192 g/mol. The third-order valence-electron chi connectivity index (χ3n) is 2.77. The molecule has 1 N–H and O–H groups in total. The number of aryl methyl sites for hydroxylation is 2. The van der Waals surface area contributed by atoms with Crippen LogP contribution in [0.3, 0.4) is 0 Å². The van der Waals surface area contributed by atoms with E-state index in [9.17, 15) is 0 Å². The Morgan fingerprint density at radius 1 is 1.29 bits per heavy atom. The van der Waals surface area contributed by atoms with Crippen molar-refractivity contribution >= 4 is 0 Å². The maximum Gasteiger partial charge on any atom is 0.151 e. The highest BCUT2D eigenvalue weighted by Gasteiger charge is 2.16. The van der Waals surface area contributed by atoms with Gasteiger partial charge in [0, 0.05) is 6.42 Å². The third-order valence-corrected chi connectivity index (χ3v) is 2.77. The van der Waals surface area contributed by atoms with E-state index in [-0.39, 0.29) is 0 Å². The predicted molar refractivity (Wildman–Crippen MR) is 54.0 cm³/mol. The number of nitrogens with one attached hydrogen (secondary N) is 1. The summed E-state index contributed by atoms with van der Waals surface area (Å²) in [7, 11) is 0. The zero-order valence-electron chi connectivity index (χ0n) is 8.75. The molecule has 0 spiro atoms. The van der Waals surface area contributed by atoms with E-state index >= 15 is 0 Å². The van der Waals surface area contributed by atoms with Gasteiger partial charge < -0.3 is 5.32 Å². The van der Waals surface area contributed by atoms with Gasteiger partial charge in [-0.05, 0) is 39.3 Å². The molecule has 1 aliphatic rings. The maximum atomic E-state index is 4.43. The molecule has 1 atom stereocenters. The molecule has 0 amide bonds. The summed E-state index contributed by atoms with van der Waals surface area (Å²) in [6, 6.07) is 0. The molecular formula is C10H16N4. The molecule has 1 aromatic rings. The van der Waals surface area contributed by atoms with Gasteiger partial charge in [0.1, 0.15) is 0 Å². The van der Waals surface area contributed by atoms with Gasteiger partial charge >= 0.3 is 0 Å². The van der Waals surface area contributed by atoms with Crippen molar-refractivity contribution in [3.63, 3.8) is 0 Å². The van der Waals surface area contributed by atoms with Crippen LogP contribution in [-0.2, 0) is 6.42 Å². The summed E-state index contributed by atoms with van der Waals surface area (Å²) >= 11 is 0. The summed E-state index contributed by atoms with van der Waals surface area (Å²) in [6.07, 6.45) is 2.19. The first-order valence-corrected chi connectivity index (χ1v) is 5.13. The minimum absolute atomic E-state index is 0.693. The first-order valence-electron chi connectivity index (χ1n) is 5.13. The number of aromatic nitrogens is 3. The van der Waals surface area contributed by atoms with E-state index in [1.54, 1.807) is 0 Å². The van der Waals surface area contributed by atoms with Crippen molar-refractivity contribution in [3.8, 4) is 0 Å². The zero-order valence-corrected chi connectivity index (χ0v) is 8.75. The van der Waals surface area contributed by atoms with Gasteiger partial charge in [0.2, 0.25) is 0 Å². The number of hydrogen-bond donors (Lipinski definition) is 1. The summed E-state index contributed by atoms with van der Waals surface area (Å²) in [6.45, 7) is 6.15. The molecule has 0 radical (unpaired) electrons. The van der Waals surface area contributed by atoms with Crippen LogP contribution in [0.15, 0.2) is 0 Å². The van der Waals surface area contributed by atoms with Crippen molar-refractivity contribution in [1.82, 2.24) is 20.5 Å². The van der Waals surface area contributed by atoms with Gasteiger partial charge in [-0.1, -0.05) is 0 Å². The van der Waals surface area contributed by atoms with Gasteiger partial charge in [-0.25, -0.2) is 4.98 Å². The number of hydrogen-bond acceptors (Lipinski definition) is 4. The van der Waals surface area contributed by atoms with E-state index in [0.29, 0.717) is 5.92 Å². The van der Waals surface area contributed by atoms with Crippen LogP contribution in [0, 0.1) is 19.8 Å². The summed E-state index contributed by atoms with van der Waals surface area (Å²) in [5, 5.41) is 11.5. The van der Waals surface area contributed by atoms with Crippen molar-refractivity contribution < 1.29 is 0 Å². The summed E-state index contributed by atoms with van der Waals surface area (Å²) in [5.41, 5.74) is 1.93. The minimum atomic E-state index is 0.693. The van der Waals surface area contributed by atoms with Crippen LogP contribution in [-0.4, -0.2) is 28.3 Å². The van der Waals surface area contributed by atoms with Crippen LogP contribution < -0.4 is 5.32 Å². The van der Waals surface area contributed by atoms with E-state index in [1.807, 2.05) is 13.8 Å². The van der Waals surface area contributed by atoms with E-state index in [4.69, 9.17) is 0 Å². The highest BCUT2D eigenvalue weighted by Crippen LogP contribution is 2.12. The maximum absolute atomic E-state index is 4.43. The molecule has 1 fully saturated rings. The van der Waals surface area contributed by atoms with Crippen molar-refractivity contribution in [2.24, 2.45) is 5.92 Å². The molecule has 2 rings (SSSR count). The van der Waals surface area contributed by atoms with Crippen LogP contribution in [0.2, 0.25) is 0 Å². The SMILES string of the molecule is Cc1nnc(CC2CCNC2)nc1C. The Labute approximate surface area is 84.2 Å². The van der Waals surface area contributed by atoms with Gasteiger partial charge in [-0.3, -0.25) is 0 Å². The second kappa shape index (κ2) is 4.00. The molecule has 2 heterocycles. The van der Waals surface area contributed by atoms with E-state index < -0.39 is 0 Å². The van der Waals surface area contributed by atoms with Crippen LogP contribution in [0.25, 0.3) is 0 Å². The van der Waals surface area contributed by atoms with Crippen molar-refractivity contribution in [2.75, 3.05) is 13.1 Å². The molecule has 4 nitrogen and oxygen atoms in total. The van der Waals surface area contributed by atoms with Gasteiger partial charge in [-0.15, -0.1) is 5.10 Å². The fourth-order valence-corrected chi connectivity index (χ4v) is 1.74. The average molecular weight is 192 g/mol. The lowest BCUT2D eigenvalue weighted by Gasteiger charge is -2.06. The Morgan fingerprint density at radius 3 is 2.79 bits per heavy atom. The molecule has 76 valence electrons. The fourth-order valence-electron chi connectivity index (χ4n) is 1.74. The quantitative estimate of drug-likeness (QED) is 0.747. The summed E-state index contributed by atoms with van der Waals surface area (Å²) < 4.78 is 0. The number of rotatable bonds is 2. The van der Waals surface area contributed by atoms with Gasteiger partial charge in [0.25, 0.3) is 0 Å². The number of nitrogens with zero attached hydrogens (tertiary/aromatic N) is 3. The molecule has 0 aromatic carbocycles. The summed E-state index contributed by atoms with van der Waals surface area (Å²) in [4.78, 5) is 4.43. The lowest BCUT2D eigenvalue weighted by molar-refractivity contribution is 0.552. The molecule has 0 saturated carbocycles. The van der Waals surface area contributed by atoms with Crippen LogP contribution in [0.5, 0.6) is 0 Å². The minimum Gasteiger partial charge on any atom is -0.316 e. The molecule has 0 bridgehead atoms. The standard InChI is InChI=1S/C10H16N4/c1-7-8(2)13-14-10(12-7)5-9-3-4-11-6-9/h9,11H,3-6H2,1-2H3. The second-order valence-corrected chi connectivity index (χ2v) is 3.96. The first kappa shape index (κ1) is 9.52. The fraction of sp³-hybridized carbons (Fsp3) is 0.700. The largest absolute Gasteiger partial charge is 0.316 e. The first-order chi connectivity index (χ1) is 6.75. The van der Waals surface area contributed by atoms with Crippen LogP contribution in [0.4, 0.5) is 0 Å². The highest BCUT2D eigenvalue weighted by atomic mass is 15.2. The Hall–Kier alpha value is -1.03. The molecule has 4 heteroatoms. The predicted octanol–water partition coefficient (Wildman–Crippen LogP) is 0.640. The molecule has 1 aromatic heterocycles. The second-order valence-electron chi connectivity index (χ2n) is 3.96. The van der Waals surface area contributed by atoms with Gasteiger partial charge in [0.15, 0.2) is 5.82 Å². The Bertz CT molecular complexity index is 318. The normalized spacial score (nSPS) is 21.4. The topological polar surface area (TPSA) is 50.7 Å². The Kier molecular flexibility index (Phi) is 2.72. The molecule has 1 saturated heterocycles. The van der Waals surface area contributed by atoms with Crippen LogP contribution >= 0.6 is 0 Å². The van der Waals surface area contributed by atoms with Crippen molar-refractivity contribution in [3.05, 3.63) is 17.2 Å². The molecule has 1 unspecified atom stereocenters. The molecular weight excluding hydrogens is 176 g/mol. The lowest BCUT2D eigenvalue weighted by Crippen LogP contribution is -2.13. The Morgan fingerprint density at radius 2 is 2.14 bits per heavy atom. The van der Waals surface area contributed by atoms with Crippen molar-refractivity contribution in [1.29, 1.82) is 0 Å². The zero-order chi connectivity index (χ0) is 9.97. The smallest absolute Gasteiger partial charge is 0.151 e. The third kappa shape index (κ3) is 2.07. The van der Waals surface area contributed by atoms with Gasteiger partial charge in [-0.2, -0.15) is 5.10 Å². The Balaban J connectivity index is 2.05. The van der Waals surface area contributed by atoms with Crippen molar-refractivity contribution in [2.45, 2.75) is 26.7 Å². The van der Waals surface area contributed by atoms with Gasteiger partial charge in [0.05, 0.1) is 11.4 Å². The summed E-state index contributed by atoms with van der Waals surface area (Å²) in [5.74, 6) is 1.58. The van der Waals surface area contributed by atoms with E-state index in [1.165, 1.54) is 6.42 Å². The average Bonchev–Trinajstić information content (AvgIpc) is 2.64. The van der Waals surface area contributed by atoms with E-state index in [0.717, 1.165) is 36.7 Å².